The molecule has 2 aromatic carbocycles. The Hall–Kier alpha value is -2.39. The second-order valence-electron chi connectivity index (χ2n) is 5.83. The van der Waals surface area contributed by atoms with Crippen LogP contribution in [-0.2, 0) is 0 Å². The van der Waals surface area contributed by atoms with Crippen LogP contribution in [-0.4, -0.2) is 23.2 Å². The van der Waals surface area contributed by atoms with Crippen molar-refractivity contribution in [2.45, 2.75) is 19.3 Å². The van der Waals surface area contributed by atoms with Gasteiger partial charge in [0.2, 0.25) is 0 Å². The van der Waals surface area contributed by atoms with E-state index in [1.807, 2.05) is 43.3 Å². The molecular formula is C20H22N2O. The largest absolute Gasteiger partial charge is 0.396 e. The van der Waals surface area contributed by atoms with E-state index in [4.69, 9.17) is 0 Å². The Morgan fingerprint density at radius 3 is 2.57 bits per heavy atom. The number of hydrogen-bond acceptors (Lipinski definition) is 3. The molecule has 3 rings (SSSR count). The molecule has 3 aromatic rings. The average Bonchev–Trinajstić information content (AvgIpc) is 2.59. The first-order chi connectivity index (χ1) is 11.3. The topological polar surface area (TPSA) is 45.1 Å². The summed E-state index contributed by atoms with van der Waals surface area (Å²) in [5, 5.41) is 14.1. The van der Waals surface area contributed by atoms with Crippen LogP contribution < -0.4 is 5.32 Å². The van der Waals surface area contributed by atoms with E-state index in [2.05, 4.69) is 34.6 Å². The fourth-order valence-electron chi connectivity index (χ4n) is 2.95. The van der Waals surface area contributed by atoms with Gasteiger partial charge in [-0.3, -0.25) is 4.98 Å². The predicted molar refractivity (Wildman–Crippen MR) is 95.9 cm³/mol. The highest BCUT2D eigenvalue weighted by Gasteiger charge is 2.12. The number of rotatable bonds is 6. The normalized spacial score (nSPS) is 12.3. The predicted octanol–water partition coefficient (Wildman–Crippen LogP) is 4.12. The molecule has 1 atom stereocenters. The van der Waals surface area contributed by atoms with Crippen LogP contribution in [0.4, 0.5) is 5.69 Å². The summed E-state index contributed by atoms with van der Waals surface area (Å²) in [4.78, 5) is 4.58. The summed E-state index contributed by atoms with van der Waals surface area (Å²) in [7, 11) is 0. The number of hydrogen-bond donors (Lipinski definition) is 2. The number of aliphatic hydroxyl groups excluding tert-OH is 1. The molecule has 0 aliphatic carbocycles. The van der Waals surface area contributed by atoms with Crippen molar-refractivity contribution in [3.63, 3.8) is 0 Å². The van der Waals surface area contributed by atoms with E-state index in [1.165, 1.54) is 5.56 Å². The van der Waals surface area contributed by atoms with E-state index in [0.29, 0.717) is 0 Å². The molecule has 23 heavy (non-hydrogen) atoms. The number of pyridine rings is 1. The summed E-state index contributed by atoms with van der Waals surface area (Å²) >= 11 is 0. The lowest BCUT2D eigenvalue weighted by Crippen LogP contribution is -2.14. The number of nitrogens with zero attached hydrogens (tertiary/aromatic N) is 1. The Balaban J connectivity index is 1.84. The Bertz CT molecular complexity index is 771. The van der Waals surface area contributed by atoms with Gasteiger partial charge in [-0.05, 0) is 31.0 Å². The maximum atomic E-state index is 9.37. The van der Waals surface area contributed by atoms with Gasteiger partial charge in [-0.1, -0.05) is 48.5 Å². The molecule has 0 radical (unpaired) electrons. The Kier molecular flexibility index (Phi) is 4.89. The first-order valence-corrected chi connectivity index (χ1v) is 8.04. The molecule has 0 aliphatic rings. The van der Waals surface area contributed by atoms with E-state index in [9.17, 15) is 5.11 Å². The SMILES string of the molecule is Cc1cc(NCC(CCO)c2ccccc2)c2ccccc2n1. The zero-order chi connectivity index (χ0) is 16.1. The van der Waals surface area contributed by atoms with Crippen molar-refractivity contribution in [2.75, 3.05) is 18.5 Å². The number of para-hydroxylation sites is 1. The van der Waals surface area contributed by atoms with Gasteiger partial charge < -0.3 is 10.4 Å². The average molecular weight is 306 g/mol. The first-order valence-electron chi connectivity index (χ1n) is 8.04. The van der Waals surface area contributed by atoms with Gasteiger partial charge in [0.15, 0.2) is 0 Å². The smallest absolute Gasteiger partial charge is 0.0725 e. The van der Waals surface area contributed by atoms with Crippen LogP contribution in [0, 0.1) is 6.92 Å². The van der Waals surface area contributed by atoms with E-state index in [1.54, 1.807) is 0 Å². The number of nitrogens with one attached hydrogen (secondary N) is 1. The fourth-order valence-corrected chi connectivity index (χ4v) is 2.95. The van der Waals surface area contributed by atoms with Crippen molar-refractivity contribution in [3.05, 3.63) is 71.9 Å². The summed E-state index contributed by atoms with van der Waals surface area (Å²) < 4.78 is 0. The lowest BCUT2D eigenvalue weighted by molar-refractivity contribution is 0.277. The van der Waals surface area contributed by atoms with Crippen molar-refractivity contribution in [1.82, 2.24) is 4.98 Å². The molecule has 0 amide bonds. The maximum Gasteiger partial charge on any atom is 0.0725 e. The number of aryl methyl sites for hydroxylation is 1. The van der Waals surface area contributed by atoms with Gasteiger partial charge in [0, 0.05) is 35.8 Å². The summed E-state index contributed by atoms with van der Waals surface area (Å²) in [5.41, 5.74) is 4.37. The Morgan fingerprint density at radius 2 is 1.78 bits per heavy atom. The van der Waals surface area contributed by atoms with Gasteiger partial charge in [0.25, 0.3) is 0 Å². The van der Waals surface area contributed by atoms with E-state index in [-0.39, 0.29) is 12.5 Å². The molecule has 3 nitrogen and oxygen atoms in total. The van der Waals surface area contributed by atoms with E-state index >= 15 is 0 Å². The standard InChI is InChI=1S/C20H22N2O/c1-15-13-20(18-9-5-6-10-19(18)22-15)21-14-17(11-12-23)16-7-3-2-4-8-16/h2-10,13,17,23H,11-12,14H2,1H3,(H,21,22). The summed E-state index contributed by atoms with van der Waals surface area (Å²) in [6.45, 7) is 3.00. The zero-order valence-corrected chi connectivity index (χ0v) is 13.4. The van der Waals surface area contributed by atoms with Gasteiger partial charge in [0.1, 0.15) is 0 Å². The van der Waals surface area contributed by atoms with Crippen molar-refractivity contribution < 1.29 is 5.11 Å². The van der Waals surface area contributed by atoms with Crippen molar-refractivity contribution in [1.29, 1.82) is 0 Å². The van der Waals surface area contributed by atoms with E-state index < -0.39 is 0 Å². The zero-order valence-electron chi connectivity index (χ0n) is 13.4. The molecule has 1 heterocycles. The Labute approximate surface area is 137 Å². The summed E-state index contributed by atoms with van der Waals surface area (Å²) in [5.74, 6) is 0.286. The quantitative estimate of drug-likeness (QED) is 0.720. The van der Waals surface area contributed by atoms with E-state index in [0.717, 1.165) is 35.2 Å². The number of fused-ring (bicyclic) bond motifs is 1. The fraction of sp³-hybridized carbons (Fsp3) is 0.250. The molecule has 1 aromatic heterocycles. The maximum absolute atomic E-state index is 9.37. The van der Waals surface area contributed by atoms with Gasteiger partial charge in [-0.15, -0.1) is 0 Å². The first kappa shape index (κ1) is 15.5. The minimum atomic E-state index is 0.192. The van der Waals surface area contributed by atoms with Crippen LogP contribution in [0.3, 0.4) is 0 Å². The third-order valence-corrected chi connectivity index (χ3v) is 4.13. The van der Waals surface area contributed by atoms with Gasteiger partial charge >= 0.3 is 0 Å². The highest BCUT2D eigenvalue weighted by Crippen LogP contribution is 2.25. The van der Waals surface area contributed by atoms with Crippen LogP contribution >= 0.6 is 0 Å². The second kappa shape index (κ2) is 7.25. The second-order valence-corrected chi connectivity index (χ2v) is 5.83. The molecule has 3 heteroatoms. The molecule has 0 spiro atoms. The lowest BCUT2D eigenvalue weighted by atomic mass is 9.96. The van der Waals surface area contributed by atoms with Crippen LogP contribution in [0.5, 0.6) is 0 Å². The third kappa shape index (κ3) is 3.69. The minimum Gasteiger partial charge on any atom is -0.396 e. The molecule has 0 saturated carbocycles. The number of benzene rings is 2. The third-order valence-electron chi connectivity index (χ3n) is 4.13. The molecule has 0 saturated heterocycles. The van der Waals surface area contributed by atoms with Gasteiger partial charge in [0.05, 0.1) is 5.52 Å². The van der Waals surface area contributed by atoms with Crippen LogP contribution in [0.2, 0.25) is 0 Å². The molecule has 0 bridgehead atoms. The molecule has 1 unspecified atom stereocenters. The molecular weight excluding hydrogens is 284 g/mol. The van der Waals surface area contributed by atoms with Crippen LogP contribution in [0.1, 0.15) is 23.6 Å². The number of aromatic nitrogens is 1. The lowest BCUT2D eigenvalue weighted by Gasteiger charge is -2.19. The number of aliphatic hydroxyl groups is 1. The van der Waals surface area contributed by atoms with Crippen molar-refractivity contribution >= 4 is 16.6 Å². The minimum absolute atomic E-state index is 0.192. The van der Waals surface area contributed by atoms with Crippen molar-refractivity contribution in [2.24, 2.45) is 0 Å². The highest BCUT2D eigenvalue weighted by molar-refractivity contribution is 5.91. The molecule has 0 fully saturated rings. The van der Waals surface area contributed by atoms with Crippen LogP contribution in [0.15, 0.2) is 60.7 Å². The highest BCUT2D eigenvalue weighted by atomic mass is 16.3. The van der Waals surface area contributed by atoms with Gasteiger partial charge in [-0.2, -0.15) is 0 Å². The molecule has 0 aliphatic heterocycles. The Morgan fingerprint density at radius 1 is 1.04 bits per heavy atom. The number of anilines is 1. The summed E-state index contributed by atoms with van der Waals surface area (Å²) in [6.07, 6.45) is 0.749. The summed E-state index contributed by atoms with van der Waals surface area (Å²) in [6, 6.07) is 20.6. The van der Waals surface area contributed by atoms with Crippen LogP contribution in [0.25, 0.3) is 10.9 Å². The van der Waals surface area contributed by atoms with Gasteiger partial charge in [-0.25, -0.2) is 0 Å². The molecule has 2 N–H and O–H groups in total. The molecule has 118 valence electrons. The monoisotopic (exact) mass is 306 g/mol. The van der Waals surface area contributed by atoms with Crippen molar-refractivity contribution in [3.8, 4) is 0 Å².